The van der Waals surface area contributed by atoms with Crippen LogP contribution >= 0.6 is 23.2 Å². The number of halogens is 2. The molecule has 0 unspecified atom stereocenters. The van der Waals surface area contributed by atoms with Gasteiger partial charge in [-0.15, -0.1) is 0 Å². The summed E-state index contributed by atoms with van der Waals surface area (Å²) in [5, 5.41) is 35.4. The zero-order chi connectivity index (χ0) is 19.3. The molecule has 5 N–H and O–H groups in total. The lowest BCUT2D eigenvalue weighted by molar-refractivity contribution is -0.0565. The largest absolute Gasteiger partial charge is 0.394 e. The summed E-state index contributed by atoms with van der Waals surface area (Å²) in [5.74, 6) is 0.166. The maximum absolute atomic E-state index is 10.3. The normalized spacial score (nSPS) is 25.4. The lowest BCUT2D eigenvalue weighted by Crippen LogP contribution is -2.33. The average Bonchev–Trinajstić information content (AvgIpc) is 3.15. The summed E-state index contributed by atoms with van der Waals surface area (Å²) in [6.07, 6.45) is -3.37. The molecule has 1 aliphatic heterocycles. The summed E-state index contributed by atoms with van der Waals surface area (Å²) in [5.41, 5.74) is 7.24. The van der Waals surface area contributed by atoms with Gasteiger partial charge in [0.25, 0.3) is 0 Å². The van der Waals surface area contributed by atoms with E-state index >= 15 is 0 Å². The second kappa shape index (κ2) is 6.86. The third-order valence-corrected chi connectivity index (χ3v) is 5.01. The number of aliphatic hydroxyl groups is 3. The Balaban J connectivity index is 1.93. The van der Waals surface area contributed by atoms with Crippen molar-refractivity contribution in [1.82, 2.24) is 19.7 Å². The fraction of sp³-hybridized carbons (Fsp3) is 0.312. The van der Waals surface area contributed by atoms with E-state index in [0.717, 1.165) is 0 Å². The molecule has 142 valence electrons. The Kier molecular flexibility index (Phi) is 4.66. The van der Waals surface area contributed by atoms with E-state index in [1.807, 2.05) is 0 Å². The highest BCUT2D eigenvalue weighted by atomic mass is 35.5. The molecule has 1 saturated heterocycles. The topological polar surface area (TPSA) is 140 Å². The van der Waals surface area contributed by atoms with Crippen molar-refractivity contribution in [2.24, 2.45) is 0 Å². The summed E-state index contributed by atoms with van der Waals surface area (Å²) in [7, 11) is 0. The first kappa shape index (κ1) is 18.4. The molecule has 0 spiro atoms. The molecule has 0 bridgehead atoms. The zero-order valence-electron chi connectivity index (χ0n) is 13.7. The number of aliphatic hydroxyl groups excluding tert-OH is 3. The molecule has 11 heteroatoms. The average molecular weight is 412 g/mol. The molecule has 1 fully saturated rings. The molecule has 27 heavy (non-hydrogen) atoms. The number of ether oxygens (including phenoxy) is 1. The number of nitrogens with zero attached hydrogens (tertiary/aromatic N) is 4. The molecule has 0 saturated carbocycles. The molecule has 3 aromatic rings. The van der Waals surface area contributed by atoms with Crippen molar-refractivity contribution in [3.8, 4) is 11.3 Å². The van der Waals surface area contributed by atoms with Crippen LogP contribution in [-0.2, 0) is 4.74 Å². The second-order valence-electron chi connectivity index (χ2n) is 6.10. The van der Waals surface area contributed by atoms with E-state index in [1.165, 1.54) is 11.0 Å². The van der Waals surface area contributed by atoms with Gasteiger partial charge in [0.15, 0.2) is 11.9 Å². The van der Waals surface area contributed by atoms with Crippen LogP contribution in [0.3, 0.4) is 0 Å². The predicted octanol–water partition coefficient (Wildman–Crippen LogP) is 0.994. The molecule has 0 radical (unpaired) electrons. The molecule has 1 aliphatic rings. The minimum Gasteiger partial charge on any atom is -0.394 e. The van der Waals surface area contributed by atoms with E-state index in [2.05, 4.69) is 15.1 Å². The number of nitrogen functional groups attached to an aromatic ring is 1. The molecule has 4 atom stereocenters. The van der Waals surface area contributed by atoms with E-state index in [1.54, 1.807) is 18.2 Å². The number of rotatable bonds is 3. The summed E-state index contributed by atoms with van der Waals surface area (Å²) in [6, 6.07) is 4.90. The molecule has 0 amide bonds. The first-order valence-corrected chi connectivity index (χ1v) is 8.74. The fourth-order valence-corrected chi connectivity index (χ4v) is 3.62. The number of hydrogen-bond donors (Lipinski definition) is 4. The van der Waals surface area contributed by atoms with E-state index in [0.29, 0.717) is 32.3 Å². The molecule has 9 nitrogen and oxygen atoms in total. The van der Waals surface area contributed by atoms with Crippen LogP contribution < -0.4 is 5.73 Å². The minimum absolute atomic E-state index is 0.166. The Labute approximate surface area is 162 Å². The zero-order valence-corrected chi connectivity index (χ0v) is 15.2. The van der Waals surface area contributed by atoms with Crippen molar-refractivity contribution in [3.05, 3.63) is 34.6 Å². The Morgan fingerprint density at radius 1 is 1.19 bits per heavy atom. The van der Waals surface area contributed by atoms with Gasteiger partial charge in [-0.3, -0.25) is 0 Å². The van der Waals surface area contributed by atoms with Crippen molar-refractivity contribution in [2.45, 2.75) is 24.5 Å². The highest BCUT2D eigenvalue weighted by molar-refractivity contribution is 6.36. The summed E-state index contributed by atoms with van der Waals surface area (Å²) < 4.78 is 6.87. The number of fused-ring (bicyclic) bond motifs is 1. The summed E-state index contributed by atoms with van der Waals surface area (Å²) >= 11 is 12.3. The van der Waals surface area contributed by atoms with Gasteiger partial charge in [-0.1, -0.05) is 23.2 Å². The highest BCUT2D eigenvalue weighted by Crippen LogP contribution is 2.38. The lowest BCUT2D eigenvalue weighted by atomic mass is 10.1. The van der Waals surface area contributed by atoms with Gasteiger partial charge < -0.3 is 25.8 Å². The number of anilines is 1. The van der Waals surface area contributed by atoms with E-state index in [-0.39, 0.29) is 5.82 Å². The third kappa shape index (κ3) is 2.92. The monoisotopic (exact) mass is 411 g/mol. The molecule has 4 rings (SSSR count). The minimum atomic E-state index is -1.32. The molecular weight excluding hydrogens is 397 g/mol. The SMILES string of the molecule is Nc1ncnc2c1c(-c1ccc(Cl)cc1Cl)nn2[C@@H]1O[C@H](CO)[C@@H](O)[C@H]1O. The maximum Gasteiger partial charge on any atom is 0.181 e. The Morgan fingerprint density at radius 2 is 1.96 bits per heavy atom. The van der Waals surface area contributed by atoms with Crippen LogP contribution in [-0.4, -0.2) is 60.0 Å². The Hall–Kier alpha value is -2.01. The van der Waals surface area contributed by atoms with Crippen LogP contribution in [0.2, 0.25) is 10.0 Å². The van der Waals surface area contributed by atoms with Crippen molar-refractivity contribution in [1.29, 1.82) is 0 Å². The molecular formula is C16H15Cl2N5O4. The molecule has 3 heterocycles. The van der Waals surface area contributed by atoms with E-state index in [9.17, 15) is 15.3 Å². The quantitative estimate of drug-likeness (QED) is 0.500. The van der Waals surface area contributed by atoms with Gasteiger partial charge in [-0.05, 0) is 18.2 Å². The van der Waals surface area contributed by atoms with Gasteiger partial charge in [-0.25, -0.2) is 14.6 Å². The maximum atomic E-state index is 10.3. The summed E-state index contributed by atoms with van der Waals surface area (Å²) in [4.78, 5) is 8.19. The van der Waals surface area contributed by atoms with Crippen LogP contribution in [0.4, 0.5) is 5.82 Å². The number of aromatic nitrogens is 4. The van der Waals surface area contributed by atoms with E-state index in [4.69, 9.17) is 33.7 Å². The molecule has 0 aliphatic carbocycles. The lowest BCUT2D eigenvalue weighted by Gasteiger charge is -2.15. The van der Waals surface area contributed by atoms with Gasteiger partial charge in [0.2, 0.25) is 0 Å². The standard InChI is InChI=1S/C16H15Cl2N5O4/c17-6-1-2-7(8(18)3-6)11-10-14(19)20-5-21-15(10)23(22-11)16-13(26)12(25)9(4-24)27-16/h1-3,5,9,12-13,16,24-26H,4H2,(H2,19,20,21)/t9-,12-,13-,16-/m1/s1. The van der Waals surface area contributed by atoms with Gasteiger partial charge in [0, 0.05) is 10.6 Å². The first-order chi connectivity index (χ1) is 12.9. The van der Waals surface area contributed by atoms with Gasteiger partial charge >= 0.3 is 0 Å². The van der Waals surface area contributed by atoms with Gasteiger partial charge in [-0.2, -0.15) is 5.10 Å². The van der Waals surface area contributed by atoms with Crippen molar-refractivity contribution in [2.75, 3.05) is 12.3 Å². The summed E-state index contributed by atoms with van der Waals surface area (Å²) in [6.45, 7) is -0.457. The highest BCUT2D eigenvalue weighted by Gasteiger charge is 2.45. The van der Waals surface area contributed by atoms with Crippen LogP contribution in [0, 0.1) is 0 Å². The first-order valence-electron chi connectivity index (χ1n) is 7.99. The predicted molar refractivity (Wildman–Crippen MR) is 98.2 cm³/mol. The van der Waals surface area contributed by atoms with Crippen molar-refractivity contribution in [3.63, 3.8) is 0 Å². The second-order valence-corrected chi connectivity index (χ2v) is 6.95. The van der Waals surface area contributed by atoms with Gasteiger partial charge in [0.1, 0.15) is 36.2 Å². The fourth-order valence-electron chi connectivity index (χ4n) is 3.12. The van der Waals surface area contributed by atoms with E-state index < -0.39 is 31.1 Å². The number of nitrogens with two attached hydrogens (primary N) is 1. The molecule has 1 aromatic carbocycles. The van der Waals surface area contributed by atoms with Crippen LogP contribution in [0.15, 0.2) is 24.5 Å². The van der Waals surface area contributed by atoms with Crippen LogP contribution in [0.1, 0.15) is 6.23 Å². The number of hydrogen-bond acceptors (Lipinski definition) is 8. The van der Waals surface area contributed by atoms with Crippen LogP contribution in [0.5, 0.6) is 0 Å². The van der Waals surface area contributed by atoms with Crippen molar-refractivity contribution >= 4 is 40.1 Å². The smallest absolute Gasteiger partial charge is 0.181 e. The Bertz CT molecular complexity index is 1010. The van der Waals surface area contributed by atoms with Gasteiger partial charge in [0.05, 0.1) is 17.0 Å². The van der Waals surface area contributed by atoms with Crippen molar-refractivity contribution < 1.29 is 20.1 Å². The number of benzene rings is 1. The van der Waals surface area contributed by atoms with Crippen LogP contribution in [0.25, 0.3) is 22.3 Å². The Morgan fingerprint density at radius 3 is 2.63 bits per heavy atom. The molecule has 2 aromatic heterocycles. The third-order valence-electron chi connectivity index (χ3n) is 4.46.